The molecular weight excluding hydrogens is 725 g/mol. The quantitative estimate of drug-likeness (QED) is 0.0912. The highest BCUT2D eigenvalue weighted by Gasteiger charge is 2.33. The zero-order valence-electron chi connectivity index (χ0n) is 25.1. The average molecular weight is 757 g/mol. The molecule has 2 atom stereocenters. The second kappa shape index (κ2) is 16.4. The first-order chi connectivity index (χ1) is 21.8. The molecule has 2 aliphatic rings. The summed E-state index contributed by atoms with van der Waals surface area (Å²) >= 11 is 37.4. The normalized spacial score (nSPS) is 16.1. The van der Waals surface area contributed by atoms with Gasteiger partial charge in [-0.1, -0.05) is 122 Å². The lowest BCUT2D eigenvalue weighted by Crippen LogP contribution is -2.28. The molecule has 2 unspecified atom stereocenters. The fraction of sp³-hybridized carbons (Fsp3) is 0.500. The Kier molecular flexibility index (Phi) is 13.2. The standard InChI is InChI=1S/C32H32Cl6O8/c1-15(9-17-5-3-6-17)13-43-29(39)23-25(37)19(33)11-21(35)27(23)45-31(41)32(42)46-28-22(36)12-20(34)26(38)24(28)30(40)44-14-16(2)10-18-7-4-8-18/h11-12,15-18H,3-10,13-14H2,1-2H3. The van der Waals surface area contributed by atoms with Gasteiger partial charge in [0.05, 0.1) is 43.3 Å². The summed E-state index contributed by atoms with van der Waals surface area (Å²) in [7, 11) is 0. The molecule has 0 N–H and O–H groups in total. The summed E-state index contributed by atoms with van der Waals surface area (Å²) in [5, 5.41) is -1.45. The Morgan fingerprint density at radius 3 is 1.28 bits per heavy atom. The van der Waals surface area contributed by atoms with Gasteiger partial charge in [0.1, 0.15) is 11.1 Å². The Morgan fingerprint density at radius 2 is 0.978 bits per heavy atom. The number of esters is 4. The number of ether oxygens (including phenoxy) is 4. The van der Waals surface area contributed by atoms with Crippen molar-refractivity contribution >= 4 is 93.5 Å². The van der Waals surface area contributed by atoms with Crippen LogP contribution in [0.15, 0.2) is 12.1 Å². The first kappa shape index (κ1) is 36.9. The molecule has 0 radical (unpaired) electrons. The summed E-state index contributed by atoms with van der Waals surface area (Å²) in [4.78, 5) is 52.1. The molecule has 250 valence electrons. The van der Waals surface area contributed by atoms with Crippen molar-refractivity contribution in [3.05, 3.63) is 53.4 Å². The maximum absolute atomic E-state index is 13.1. The summed E-state index contributed by atoms with van der Waals surface area (Å²) in [5.41, 5.74) is -0.909. The molecule has 0 amide bonds. The van der Waals surface area contributed by atoms with E-state index >= 15 is 0 Å². The lowest BCUT2D eigenvalue weighted by molar-refractivity contribution is -0.156. The zero-order valence-corrected chi connectivity index (χ0v) is 29.6. The predicted octanol–water partition coefficient (Wildman–Crippen LogP) is 10.1. The predicted molar refractivity (Wildman–Crippen MR) is 177 cm³/mol. The Bertz CT molecular complexity index is 1390. The largest absolute Gasteiger partial charge is 0.462 e. The van der Waals surface area contributed by atoms with Crippen molar-refractivity contribution in [2.75, 3.05) is 13.2 Å². The van der Waals surface area contributed by atoms with Gasteiger partial charge in [0.25, 0.3) is 0 Å². The van der Waals surface area contributed by atoms with Gasteiger partial charge < -0.3 is 18.9 Å². The van der Waals surface area contributed by atoms with Crippen molar-refractivity contribution < 1.29 is 38.1 Å². The number of carbonyl (C=O) groups is 4. The first-order valence-corrected chi connectivity index (χ1v) is 17.2. The van der Waals surface area contributed by atoms with Gasteiger partial charge in [0.2, 0.25) is 0 Å². The molecule has 14 heteroatoms. The van der Waals surface area contributed by atoms with Gasteiger partial charge in [-0.05, 0) is 48.6 Å². The van der Waals surface area contributed by atoms with E-state index < -0.39 is 46.5 Å². The van der Waals surface area contributed by atoms with Crippen molar-refractivity contribution in [2.24, 2.45) is 23.7 Å². The molecular formula is C32H32Cl6O8. The highest BCUT2D eigenvalue weighted by atomic mass is 35.5. The molecule has 0 aromatic heterocycles. The number of rotatable bonds is 12. The van der Waals surface area contributed by atoms with Crippen molar-refractivity contribution in [3.63, 3.8) is 0 Å². The van der Waals surface area contributed by atoms with Crippen LogP contribution in [0, 0.1) is 23.7 Å². The lowest BCUT2D eigenvalue weighted by Gasteiger charge is -2.28. The summed E-state index contributed by atoms with van der Waals surface area (Å²) in [6, 6.07) is 2.26. The van der Waals surface area contributed by atoms with E-state index in [0.29, 0.717) is 11.8 Å². The van der Waals surface area contributed by atoms with Gasteiger partial charge in [-0.25, -0.2) is 19.2 Å². The van der Waals surface area contributed by atoms with E-state index in [4.69, 9.17) is 88.6 Å². The molecule has 0 spiro atoms. The van der Waals surface area contributed by atoms with E-state index in [9.17, 15) is 19.2 Å². The maximum atomic E-state index is 13.1. The van der Waals surface area contributed by atoms with Gasteiger partial charge in [-0.2, -0.15) is 0 Å². The molecule has 2 aromatic carbocycles. The molecule has 2 aromatic rings. The molecule has 4 rings (SSSR count). The van der Waals surface area contributed by atoms with Crippen LogP contribution in [-0.4, -0.2) is 37.1 Å². The first-order valence-electron chi connectivity index (χ1n) is 14.9. The molecule has 0 bridgehead atoms. The topological polar surface area (TPSA) is 105 Å². The number of hydrogen-bond acceptors (Lipinski definition) is 8. The van der Waals surface area contributed by atoms with E-state index in [1.807, 2.05) is 13.8 Å². The fourth-order valence-electron chi connectivity index (χ4n) is 5.30. The summed E-state index contributed by atoms with van der Waals surface area (Å²) in [5.74, 6) is -5.04. The van der Waals surface area contributed by atoms with Crippen molar-refractivity contribution in [1.29, 1.82) is 0 Å². The van der Waals surface area contributed by atoms with Crippen LogP contribution in [0.1, 0.15) is 85.9 Å². The Labute approximate surface area is 297 Å². The van der Waals surface area contributed by atoms with Gasteiger partial charge in [0, 0.05) is 0 Å². The third kappa shape index (κ3) is 9.14. The summed E-state index contributed by atoms with van der Waals surface area (Å²) in [6.07, 6.45) is 8.70. The second-order valence-corrected chi connectivity index (χ2v) is 14.4. The fourth-order valence-corrected chi connectivity index (χ4v) is 6.74. The molecule has 0 saturated heterocycles. The minimum absolute atomic E-state index is 0.0615. The monoisotopic (exact) mass is 754 g/mol. The Morgan fingerprint density at radius 1 is 0.630 bits per heavy atom. The van der Waals surface area contributed by atoms with Crippen LogP contribution in [0.5, 0.6) is 11.5 Å². The molecule has 0 aliphatic heterocycles. The minimum atomic E-state index is -1.64. The van der Waals surface area contributed by atoms with Crippen LogP contribution >= 0.6 is 69.6 Å². The van der Waals surface area contributed by atoms with Crippen molar-refractivity contribution in [3.8, 4) is 11.5 Å². The molecule has 8 nitrogen and oxygen atoms in total. The van der Waals surface area contributed by atoms with Crippen LogP contribution < -0.4 is 9.47 Å². The zero-order chi connectivity index (χ0) is 33.7. The Hall–Kier alpha value is -1.94. The van der Waals surface area contributed by atoms with Crippen LogP contribution in [-0.2, 0) is 19.1 Å². The molecule has 2 aliphatic carbocycles. The van der Waals surface area contributed by atoms with Crippen LogP contribution in [0.25, 0.3) is 0 Å². The number of carbonyl (C=O) groups excluding carboxylic acids is 4. The van der Waals surface area contributed by atoms with Gasteiger partial charge in [-0.15, -0.1) is 0 Å². The molecule has 0 heterocycles. The highest BCUT2D eigenvalue weighted by Crippen LogP contribution is 2.42. The number of halogens is 6. The van der Waals surface area contributed by atoms with Crippen LogP contribution in [0.3, 0.4) is 0 Å². The molecule has 46 heavy (non-hydrogen) atoms. The van der Waals surface area contributed by atoms with Gasteiger partial charge in [-0.3, -0.25) is 0 Å². The molecule has 2 saturated carbocycles. The van der Waals surface area contributed by atoms with E-state index in [0.717, 1.165) is 50.7 Å². The van der Waals surface area contributed by atoms with Gasteiger partial charge in [0.15, 0.2) is 11.5 Å². The van der Waals surface area contributed by atoms with Crippen molar-refractivity contribution in [2.45, 2.75) is 65.2 Å². The summed E-state index contributed by atoms with van der Waals surface area (Å²) in [6.45, 7) is 4.03. The minimum Gasteiger partial charge on any atom is -0.462 e. The molecule has 2 fully saturated rings. The van der Waals surface area contributed by atoms with Gasteiger partial charge >= 0.3 is 23.9 Å². The highest BCUT2D eigenvalue weighted by molar-refractivity contribution is 6.47. The van der Waals surface area contributed by atoms with Crippen molar-refractivity contribution in [1.82, 2.24) is 0 Å². The lowest BCUT2D eigenvalue weighted by atomic mass is 9.79. The summed E-state index contributed by atoms with van der Waals surface area (Å²) < 4.78 is 21.2. The third-order valence-corrected chi connectivity index (χ3v) is 10.3. The van der Waals surface area contributed by atoms with Crippen LogP contribution in [0.4, 0.5) is 0 Å². The van der Waals surface area contributed by atoms with E-state index in [1.165, 1.54) is 12.8 Å². The SMILES string of the molecule is CC(COC(=O)c1c(Cl)c(Cl)cc(Cl)c1OC(=O)C(=O)Oc1c(Cl)cc(Cl)c(Cl)c1C(=O)OCC(C)CC1CCC1)CC1CCC1. The van der Waals surface area contributed by atoms with E-state index in [2.05, 4.69) is 0 Å². The Balaban J connectivity index is 1.49. The average Bonchev–Trinajstić information content (AvgIpc) is 2.96. The van der Waals surface area contributed by atoms with E-state index in [1.54, 1.807) is 0 Å². The van der Waals surface area contributed by atoms with Crippen LogP contribution in [0.2, 0.25) is 30.1 Å². The third-order valence-electron chi connectivity index (χ3n) is 8.14. The number of hydrogen-bond donors (Lipinski definition) is 0. The maximum Gasteiger partial charge on any atom is 0.423 e. The van der Waals surface area contributed by atoms with E-state index in [-0.39, 0.29) is 55.2 Å². The number of benzene rings is 2. The second-order valence-electron chi connectivity index (χ2n) is 12.0. The smallest absolute Gasteiger partial charge is 0.423 e.